The molecule has 0 atom stereocenters. The number of carboxylic acid groups (broad SMARTS) is 1. The Labute approximate surface area is 76.9 Å². The third-order valence-electron chi connectivity index (χ3n) is 1.61. The molecule has 5 nitrogen and oxygen atoms in total. The van der Waals surface area contributed by atoms with E-state index in [0.29, 0.717) is 16.0 Å². The van der Waals surface area contributed by atoms with Crippen LogP contribution >= 0.6 is 11.3 Å². The molecular weight excluding hydrogens is 190 g/mol. The van der Waals surface area contributed by atoms with E-state index in [9.17, 15) is 4.79 Å². The maximum atomic E-state index is 10.7. The largest absolute Gasteiger partial charge is 0.478 e. The van der Waals surface area contributed by atoms with Crippen LogP contribution in [0.3, 0.4) is 0 Å². The van der Waals surface area contributed by atoms with Crippen molar-refractivity contribution >= 4 is 33.3 Å². The highest BCUT2D eigenvalue weighted by molar-refractivity contribution is 7.18. The molecule has 2 aromatic rings. The van der Waals surface area contributed by atoms with Crippen LogP contribution in [-0.4, -0.2) is 21.0 Å². The number of nitrogens with two attached hydrogens (primary N) is 1. The van der Waals surface area contributed by atoms with Gasteiger partial charge in [-0.05, 0) is 0 Å². The van der Waals surface area contributed by atoms with Gasteiger partial charge < -0.3 is 10.8 Å². The van der Waals surface area contributed by atoms with Gasteiger partial charge in [0.2, 0.25) is 0 Å². The van der Waals surface area contributed by atoms with E-state index in [0.717, 1.165) is 0 Å². The van der Waals surface area contributed by atoms with E-state index in [4.69, 9.17) is 10.8 Å². The van der Waals surface area contributed by atoms with Gasteiger partial charge >= 0.3 is 5.97 Å². The van der Waals surface area contributed by atoms with Gasteiger partial charge in [0.1, 0.15) is 17.7 Å². The summed E-state index contributed by atoms with van der Waals surface area (Å²) >= 11 is 1.24. The lowest BCUT2D eigenvalue weighted by Gasteiger charge is -1.93. The molecule has 0 aliphatic heterocycles. The Morgan fingerprint density at radius 2 is 2.31 bits per heavy atom. The fourth-order valence-electron chi connectivity index (χ4n) is 1.02. The standard InChI is InChI=1S/C7H5N3O2S/c8-6-5-4(9-2-10-6)3(1-13-5)7(11)12/h1-2H,(H,11,12)(H2,8,9,10). The number of aromatic carboxylic acids is 1. The maximum Gasteiger partial charge on any atom is 0.338 e. The molecule has 0 amide bonds. The Hall–Kier alpha value is -1.69. The molecular formula is C7H5N3O2S. The quantitative estimate of drug-likeness (QED) is 0.707. The lowest BCUT2D eigenvalue weighted by atomic mass is 10.3. The number of thiophene rings is 1. The van der Waals surface area contributed by atoms with Crippen molar-refractivity contribution in [2.45, 2.75) is 0 Å². The summed E-state index contributed by atoms with van der Waals surface area (Å²) in [5.74, 6) is -0.674. The van der Waals surface area contributed by atoms with E-state index in [1.807, 2.05) is 0 Å². The average Bonchev–Trinajstić information content (AvgIpc) is 2.48. The molecule has 13 heavy (non-hydrogen) atoms. The number of nitrogens with zero attached hydrogens (tertiary/aromatic N) is 2. The van der Waals surface area contributed by atoms with Crippen LogP contribution in [-0.2, 0) is 0 Å². The molecule has 3 N–H and O–H groups in total. The van der Waals surface area contributed by atoms with Gasteiger partial charge in [-0.15, -0.1) is 11.3 Å². The topological polar surface area (TPSA) is 89.1 Å². The van der Waals surface area contributed by atoms with Crippen molar-refractivity contribution in [1.82, 2.24) is 9.97 Å². The Kier molecular flexibility index (Phi) is 1.63. The number of aromatic nitrogens is 2. The number of carboxylic acids is 1. The van der Waals surface area contributed by atoms with Crippen LogP contribution in [0.4, 0.5) is 5.82 Å². The Balaban J connectivity index is 2.83. The van der Waals surface area contributed by atoms with Gasteiger partial charge in [0.25, 0.3) is 0 Å². The monoisotopic (exact) mass is 195 g/mol. The second kappa shape index (κ2) is 2.67. The zero-order valence-electron chi connectivity index (χ0n) is 6.39. The number of fused-ring (bicyclic) bond motifs is 1. The SMILES string of the molecule is Nc1ncnc2c(C(=O)O)csc12. The number of rotatable bonds is 1. The summed E-state index contributed by atoms with van der Waals surface area (Å²) < 4.78 is 0.625. The van der Waals surface area contributed by atoms with E-state index < -0.39 is 5.97 Å². The van der Waals surface area contributed by atoms with Crippen LogP contribution in [0.5, 0.6) is 0 Å². The van der Waals surface area contributed by atoms with Crippen LogP contribution in [0, 0.1) is 0 Å². The van der Waals surface area contributed by atoms with Crippen LogP contribution in [0.15, 0.2) is 11.7 Å². The summed E-state index contributed by atoms with van der Waals surface area (Å²) in [6, 6.07) is 0. The van der Waals surface area contributed by atoms with Crippen molar-refractivity contribution in [2.75, 3.05) is 5.73 Å². The molecule has 0 unspecified atom stereocenters. The Morgan fingerprint density at radius 1 is 1.54 bits per heavy atom. The van der Waals surface area contributed by atoms with Crippen molar-refractivity contribution in [3.05, 3.63) is 17.3 Å². The molecule has 2 heterocycles. The number of anilines is 1. The molecule has 0 aromatic carbocycles. The zero-order valence-corrected chi connectivity index (χ0v) is 7.21. The van der Waals surface area contributed by atoms with E-state index >= 15 is 0 Å². The Morgan fingerprint density at radius 3 is 3.00 bits per heavy atom. The van der Waals surface area contributed by atoms with Crippen LogP contribution in [0.2, 0.25) is 0 Å². The van der Waals surface area contributed by atoms with E-state index in [1.54, 1.807) is 0 Å². The van der Waals surface area contributed by atoms with Gasteiger partial charge in [-0.2, -0.15) is 0 Å². The molecule has 0 bridgehead atoms. The molecule has 2 rings (SSSR count). The van der Waals surface area contributed by atoms with E-state index in [1.165, 1.54) is 23.0 Å². The van der Waals surface area contributed by atoms with Crippen molar-refractivity contribution in [1.29, 1.82) is 0 Å². The molecule has 6 heteroatoms. The molecule has 0 radical (unpaired) electrons. The third kappa shape index (κ3) is 1.11. The van der Waals surface area contributed by atoms with E-state index in [-0.39, 0.29) is 5.56 Å². The number of hydrogen-bond donors (Lipinski definition) is 2. The third-order valence-corrected chi connectivity index (χ3v) is 2.60. The maximum absolute atomic E-state index is 10.7. The first kappa shape index (κ1) is 7.93. The predicted molar refractivity (Wildman–Crippen MR) is 48.8 cm³/mol. The molecule has 0 fully saturated rings. The zero-order chi connectivity index (χ0) is 9.42. The van der Waals surface area contributed by atoms with Crippen LogP contribution in [0.25, 0.3) is 10.2 Å². The summed E-state index contributed by atoms with van der Waals surface area (Å²) in [7, 11) is 0. The smallest absolute Gasteiger partial charge is 0.338 e. The average molecular weight is 195 g/mol. The molecule has 2 aromatic heterocycles. The molecule has 0 aliphatic carbocycles. The minimum Gasteiger partial charge on any atom is -0.478 e. The molecule has 66 valence electrons. The molecule has 0 spiro atoms. The van der Waals surface area contributed by atoms with Gasteiger partial charge in [-0.3, -0.25) is 0 Å². The minimum atomic E-state index is -0.996. The summed E-state index contributed by atoms with van der Waals surface area (Å²) in [6.45, 7) is 0. The second-order valence-corrected chi connectivity index (χ2v) is 3.27. The van der Waals surface area contributed by atoms with Gasteiger partial charge in [-0.1, -0.05) is 0 Å². The summed E-state index contributed by atoms with van der Waals surface area (Å²) in [6.07, 6.45) is 1.26. The van der Waals surface area contributed by atoms with Crippen LogP contribution < -0.4 is 5.73 Å². The fraction of sp³-hybridized carbons (Fsp3) is 0. The lowest BCUT2D eigenvalue weighted by Crippen LogP contribution is -1.96. The van der Waals surface area contributed by atoms with Crippen molar-refractivity contribution in [2.24, 2.45) is 0 Å². The summed E-state index contributed by atoms with van der Waals surface area (Å²) in [5, 5.41) is 10.3. The van der Waals surface area contributed by atoms with Gasteiger partial charge in [0.15, 0.2) is 0 Å². The van der Waals surface area contributed by atoms with Crippen molar-refractivity contribution < 1.29 is 9.90 Å². The Bertz CT molecular complexity index is 480. The van der Waals surface area contributed by atoms with Gasteiger partial charge in [0.05, 0.1) is 10.3 Å². The first-order valence-corrected chi connectivity index (χ1v) is 4.29. The van der Waals surface area contributed by atoms with Crippen molar-refractivity contribution in [3.63, 3.8) is 0 Å². The number of nitrogen functional groups attached to an aromatic ring is 1. The van der Waals surface area contributed by atoms with Crippen molar-refractivity contribution in [3.8, 4) is 0 Å². The predicted octanol–water partition coefficient (Wildman–Crippen LogP) is 0.972. The first-order chi connectivity index (χ1) is 6.20. The number of carbonyl (C=O) groups is 1. The molecule has 0 aliphatic rings. The van der Waals surface area contributed by atoms with Crippen LogP contribution in [0.1, 0.15) is 10.4 Å². The van der Waals surface area contributed by atoms with Gasteiger partial charge in [0, 0.05) is 5.38 Å². The second-order valence-electron chi connectivity index (χ2n) is 2.39. The summed E-state index contributed by atoms with van der Waals surface area (Å²) in [4.78, 5) is 18.3. The molecule has 0 saturated heterocycles. The highest BCUT2D eigenvalue weighted by atomic mass is 32.1. The highest BCUT2D eigenvalue weighted by Crippen LogP contribution is 2.26. The van der Waals surface area contributed by atoms with Gasteiger partial charge in [-0.25, -0.2) is 14.8 Å². The highest BCUT2D eigenvalue weighted by Gasteiger charge is 2.13. The number of hydrogen-bond acceptors (Lipinski definition) is 5. The molecule has 0 saturated carbocycles. The van der Waals surface area contributed by atoms with E-state index in [2.05, 4.69) is 9.97 Å². The summed E-state index contributed by atoms with van der Waals surface area (Å²) in [5.41, 5.74) is 6.12. The first-order valence-electron chi connectivity index (χ1n) is 3.41. The minimum absolute atomic E-state index is 0.175. The normalized spacial score (nSPS) is 10.5. The fourth-order valence-corrected chi connectivity index (χ4v) is 1.92. The lowest BCUT2D eigenvalue weighted by molar-refractivity contribution is 0.0699.